The molecular weight excluding hydrogens is 945 g/mol. The number of hydrogen-bond donors (Lipinski definition) is 0. The van der Waals surface area contributed by atoms with Gasteiger partial charge in [0.2, 0.25) is 0 Å². The third-order valence-electron chi connectivity index (χ3n) is 15.4. The summed E-state index contributed by atoms with van der Waals surface area (Å²) in [6.45, 7) is 4.00. The van der Waals surface area contributed by atoms with Crippen LogP contribution in [0.25, 0.3) is 132 Å². The average molecular weight is 999 g/mol. The number of benzene rings is 12. The number of aromatic nitrogens is 4. The van der Waals surface area contributed by atoms with Crippen molar-refractivity contribution in [2.45, 2.75) is 13.8 Å². The minimum Gasteiger partial charge on any atom is -0.309 e. The van der Waals surface area contributed by atoms with Crippen LogP contribution in [0.2, 0.25) is 0 Å². The summed E-state index contributed by atoms with van der Waals surface area (Å²) in [4.78, 5) is 0. The number of hydrogen-bond acceptors (Lipinski definition) is 0. The number of para-hydroxylation sites is 6. The molecule has 78 heavy (non-hydrogen) atoms. The molecule has 0 atom stereocenters. The van der Waals surface area contributed by atoms with E-state index in [9.17, 15) is 0 Å². The molecule has 4 heteroatoms. The van der Waals surface area contributed by atoms with E-state index in [4.69, 9.17) is 0 Å². The van der Waals surface area contributed by atoms with Crippen molar-refractivity contribution in [1.29, 1.82) is 0 Å². The van der Waals surface area contributed by atoms with Crippen molar-refractivity contribution in [1.82, 2.24) is 18.3 Å². The number of rotatable bonds is 6. The van der Waals surface area contributed by atoms with Crippen molar-refractivity contribution in [2.75, 3.05) is 0 Å². The summed E-state index contributed by atoms with van der Waals surface area (Å²) in [5, 5.41) is 10.2. The number of nitrogens with zero attached hydrogens (tertiary/aromatic N) is 4. The fraction of sp³-hybridized carbons (Fsp3) is 0.0270. The van der Waals surface area contributed by atoms with E-state index in [0.717, 1.165) is 5.69 Å². The van der Waals surface area contributed by atoms with Gasteiger partial charge in [-0.15, -0.1) is 0 Å². The Morgan fingerprint density at radius 1 is 0.192 bits per heavy atom. The van der Waals surface area contributed by atoms with Gasteiger partial charge in [-0.05, 0) is 113 Å². The first-order valence-electron chi connectivity index (χ1n) is 27.1. The third-order valence-corrected chi connectivity index (χ3v) is 15.4. The monoisotopic (exact) mass is 998 g/mol. The van der Waals surface area contributed by atoms with Crippen LogP contribution in [0, 0.1) is 0 Å². The Bertz CT molecular complexity index is 4810. The van der Waals surface area contributed by atoms with E-state index in [-0.39, 0.29) is 0 Å². The zero-order chi connectivity index (χ0) is 52.1. The molecule has 4 heterocycles. The van der Waals surface area contributed by atoms with Crippen molar-refractivity contribution < 1.29 is 0 Å². The minimum atomic E-state index is 1.16. The number of fused-ring (bicyclic) bond motifs is 13. The van der Waals surface area contributed by atoms with Gasteiger partial charge < -0.3 is 18.3 Å². The minimum absolute atomic E-state index is 1.16. The van der Waals surface area contributed by atoms with Gasteiger partial charge in [0.15, 0.2) is 0 Å². The maximum atomic E-state index is 2.43. The normalized spacial score (nSPS) is 11.5. The van der Waals surface area contributed by atoms with E-state index < -0.39 is 0 Å². The molecule has 4 nitrogen and oxygen atoms in total. The fourth-order valence-corrected chi connectivity index (χ4v) is 12.1. The zero-order valence-corrected chi connectivity index (χ0v) is 43.5. The molecule has 0 fully saturated rings. The fourth-order valence-electron chi connectivity index (χ4n) is 12.1. The van der Waals surface area contributed by atoms with Gasteiger partial charge in [0, 0.05) is 65.8 Å². The summed E-state index contributed by atoms with van der Waals surface area (Å²) in [5.41, 5.74) is 19.4. The van der Waals surface area contributed by atoms with Crippen molar-refractivity contribution in [2.24, 2.45) is 0 Å². The highest BCUT2D eigenvalue weighted by molar-refractivity contribution is 6.26. The van der Waals surface area contributed by atoms with E-state index in [2.05, 4.69) is 309 Å². The molecule has 16 rings (SSSR count). The van der Waals surface area contributed by atoms with E-state index in [1.54, 1.807) is 0 Å². The predicted octanol–water partition coefficient (Wildman–Crippen LogP) is 20.1. The molecule has 4 aromatic heterocycles. The smallest absolute Gasteiger partial charge is 0.0641 e. The largest absolute Gasteiger partial charge is 0.309 e. The zero-order valence-electron chi connectivity index (χ0n) is 43.5. The molecule has 370 valence electrons. The van der Waals surface area contributed by atoms with Crippen LogP contribution in [-0.2, 0) is 0 Å². The Balaban J connectivity index is 0.000000137. The second-order valence-corrected chi connectivity index (χ2v) is 19.6. The first kappa shape index (κ1) is 46.4. The van der Waals surface area contributed by atoms with Crippen LogP contribution in [0.5, 0.6) is 0 Å². The Kier molecular flexibility index (Phi) is 11.6. The maximum absolute atomic E-state index is 2.43. The quantitative estimate of drug-likeness (QED) is 0.158. The van der Waals surface area contributed by atoms with Crippen molar-refractivity contribution in [3.05, 3.63) is 291 Å². The van der Waals surface area contributed by atoms with E-state index in [1.807, 2.05) is 13.8 Å². The molecule has 0 radical (unpaired) electrons. The lowest BCUT2D eigenvalue weighted by atomic mass is 10.1. The molecule has 0 N–H and O–H groups in total. The van der Waals surface area contributed by atoms with E-state index >= 15 is 0 Å². The van der Waals surface area contributed by atoms with E-state index in [0.29, 0.717) is 0 Å². The predicted molar refractivity (Wildman–Crippen MR) is 332 cm³/mol. The first-order chi connectivity index (χ1) is 38.7. The molecule has 0 amide bonds. The lowest BCUT2D eigenvalue weighted by Crippen LogP contribution is -1.95. The molecule has 0 aliphatic heterocycles. The van der Waals surface area contributed by atoms with Crippen molar-refractivity contribution in [3.8, 4) is 45.0 Å². The van der Waals surface area contributed by atoms with Gasteiger partial charge in [0.1, 0.15) is 0 Å². The SMILES string of the molecule is CC.c1ccc(-c2ccc(-n3c4ccccc4c4c3ccc3c5ccccc5n(-c5ccccc5)c34)cc2)cc1.c1ccc(-c2ccc(-n3c4ccccc4c4cc5c(cc43)c3ccccc3n5-c3ccccc3)cc2)cc1. The van der Waals surface area contributed by atoms with Crippen LogP contribution in [0.3, 0.4) is 0 Å². The lowest BCUT2D eigenvalue weighted by Gasteiger charge is -2.10. The second kappa shape index (κ2) is 19.5. The molecule has 0 bridgehead atoms. The van der Waals surface area contributed by atoms with Crippen LogP contribution < -0.4 is 0 Å². The summed E-state index contributed by atoms with van der Waals surface area (Å²) in [7, 11) is 0. The van der Waals surface area contributed by atoms with Gasteiger partial charge in [-0.1, -0.05) is 214 Å². The summed E-state index contributed by atoms with van der Waals surface area (Å²) in [6.07, 6.45) is 0. The van der Waals surface area contributed by atoms with Crippen molar-refractivity contribution in [3.63, 3.8) is 0 Å². The molecule has 0 saturated carbocycles. The molecule has 12 aromatic carbocycles. The summed E-state index contributed by atoms with van der Waals surface area (Å²) in [5.74, 6) is 0. The van der Waals surface area contributed by atoms with Gasteiger partial charge >= 0.3 is 0 Å². The molecule has 0 aliphatic carbocycles. The lowest BCUT2D eigenvalue weighted by molar-refractivity contribution is 1.17. The second-order valence-electron chi connectivity index (χ2n) is 19.6. The third kappa shape index (κ3) is 7.60. The highest BCUT2D eigenvalue weighted by Crippen LogP contribution is 2.43. The highest BCUT2D eigenvalue weighted by Gasteiger charge is 2.22. The van der Waals surface area contributed by atoms with Gasteiger partial charge in [-0.25, -0.2) is 0 Å². The Morgan fingerprint density at radius 3 is 0.949 bits per heavy atom. The van der Waals surface area contributed by atoms with Crippen LogP contribution in [0.4, 0.5) is 0 Å². The highest BCUT2D eigenvalue weighted by atomic mass is 15.0. The first-order valence-corrected chi connectivity index (χ1v) is 27.1. The molecule has 0 saturated heterocycles. The van der Waals surface area contributed by atoms with Crippen molar-refractivity contribution >= 4 is 87.2 Å². The Hall–Kier alpha value is -10.2. The summed E-state index contributed by atoms with van der Waals surface area (Å²) in [6, 6.07) is 105. The molecular formula is C74H54N4. The van der Waals surface area contributed by atoms with Gasteiger partial charge in [0.25, 0.3) is 0 Å². The standard InChI is InChI=1S/2C36H24N2.C2H6/c1-3-11-25(12-4-1)26-19-21-28(22-20-26)38-34-18-10-8-16-30(34)32-23-35-31(24-36(32)38)29-15-7-9-17-33(29)37(35)27-13-5-2-6-14-27;1-3-11-25(12-4-1)26-19-21-28(22-20-26)37-33-18-10-8-16-31(33)35-34(37)24-23-30-29-15-7-9-17-32(29)38(36(30)35)27-13-5-2-6-14-27;1-2/h2*1-24H;1-2H3. The molecule has 16 aromatic rings. The maximum Gasteiger partial charge on any atom is 0.0641 e. The van der Waals surface area contributed by atoms with Gasteiger partial charge in [-0.2, -0.15) is 0 Å². The van der Waals surface area contributed by atoms with Crippen LogP contribution in [0.1, 0.15) is 13.8 Å². The molecule has 0 spiro atoms. The van der Waals surface area contributed by atoms with Gasteiger partial charge in [-0.3, -0.25) is 0 Å². The Morgan fingerprint density at radius 2 is 0.500 bits per heavy atom. The van der Waals surface area contributed by atoms with E-state index in [1.165, 1.54) is 127 Å². The summed E-state index contributed by atoms with van der Waals surface area (Å²) < 4.78 is 9.65. The molecule has 0 unspecified atom stereocenters. The Labute approximate surface area is 453 Å². The summed E-state index contributed by atoms with van der Waals surface area (Å²) >= 11 is 0. The van der Waals surface area contributed by atoms with Crippen LogP contribution >= 0.6 is 0 Å². The molecule has 0 aliphatic rings. The van der Waals surface area contributed by atoms with Crippen LogP contribution in [0.15, 0.2) is 291 Å². The average Bonchev–Trinajstić information content (AvgIpc) is 4.29. The van der Waals surface area contributed by atoms with Gasteiger partial charge in [0.05, 0.1) is 44.1 Å². The van der Waals surface area contributed by atoms with Crippen LogP contribution in [-0.4, -0.2) is 18.3 Å². The topological polar surface area (TPSA) is 19.7 Å².